The fourth-order valence-corrected chi connectivity index (χ4v) is 2.51. The fraction of sp³-hybridized carbons (Fsp3) is 0. The van der Waals surface area contributed by atoms with Crippen molar-refractivity contribution >= 4 is 31.9 Å². The lowest BCUT2D eigenvalue weighted by Gasteiger charge is -1.95. The molecule has 1 aromatic heterocycles. The van der Waals surface area contributed by atoms with Crippen molar-refractivity contribution in [1.29, 1.82) is 0 Å². The van der Waals surface area contributed by atoms with E-state index < -0.39 is 0 Å². The SMILES string of the molecule is Brc1cccc(-c2noc(-c3cccc(Br)c3)n2)c1. The Morgan fingerprint density at radius 3 is 2.16 bits per heavy atom. The maximum absolute atomic E-state index is 5.30. The molecule has 0 aliphatic carbocycles. The van der Waals surface area contributed by atoms with E-state index in [0.717, 1.165) is 20.1 Å². The van der Waals surface area contributed by atoms with Crippen molar-refractivity contribution in [1.82, 2.24) is 10.1 Å². The average Bonchev–Trinajstić information content (AvgIpc) is 2.88. The number of benzene rings is 2. The molecule has 0 fully saturated rings. The van der Waals surface area contributed by atoms with Crippen molar-refractivity contribution in [2.24, 2.45) is 0 Å². The summed E-state index contributed by atoms with van der Waals surface area (Å²) in [7, 11) is 0. The van der Waals surface area contributed by atoms with Crippen LogP contribution in [0.15, 0.2) is 62.0 Å². The lowest BCUT2D eigenvalue weighted by Crippen LogP contribution is -1.81. The lowest BCUT2D eigenvalue weighted by atomic mass is 10.2. The summed E-state index contributed by atoms with van der Waals surface area (Å²) in [4.78, 5) is 4.41. The van der Waals surface area contributed by atoms with Gasteiger partial charge in [-0.25, -0.2) is 0 Å². The minimum atomic E-state index is 0.510. The second kappa shape index (κ2) is 5.27. The van der Waals surface area contributed by atoms with Gasteiger partial charge in [0.05, 0.1) is 0 Å². The van der Waals surface area contributed by atoms with Gasteiger partial charge >= 0.3 is 0 Å². The number of rotatable bonds is 2. The highest BCUT2D eigenvalue weighted by atomic mass is 79.9. The molecule has 0 aliphatic heterocycles. The van der Waals surface area contributed by atoms with E-state index in [2.05, 4.69) is 42.0 Å². The predicted octanol–water partition coefficient (Wildman–Crippen LogP) is 4.93. The molecule has 0 aliphatic rings. The van der Waals surface area contributed by atoms with Crippen LogP contribution >= 0.6 is 31.9 Å². The van der Waals surface area contributed by atoms with Crippen LogP contribution in [0.3, 0.4) is 0 Å². The molecule has 0 radical (unpaired) electrons. The van der Waals surface area contributed by atoms with Crippen LogP contribution in [0.5, 0.6) is 0 Å². The molecule has 0 spiro atoms. The van der Waals surface area contributed by atoms with Crippen molar-refractivity contribution in [3.05, 3.63) is 57.5 Å². The molecule has 3 nitrogen and oxygen atoms in total. The van der Waals surface area contributed by atoms with Crippen molar-refractivity contribution in [2.45, 2.75) is 0 Å². The summed E-state index contributed by atoms with van der Waals surface area (Å²) >= 11 is 6.85. The third-order valence-corrected chi connectivity index (χ3v) is 3.57. The Kier molecular flexibility index (Phi) is 3.48. The van der Waals surface area contributed by atoms with Crippen LogP contribution in [0, 0.1) is 0 Å². The van der Waals surface area contributed by atoms with Crippen molar-refractivity contribution < 1.29 is 4.52 Å². The van der Waals surface area contributed by atoms with Gasteiger partial charge in [-0.2, -0.15) is 4.98 Å². The van der Waals surface area contributed by atoms with Gasteiger partial charge in [-0.3, -0.25) is 0 Å². The second-order valence-corrected chi connectivity index (χ2v) is 5.78. The summed E-state index contributed by atoms with van der Waals surface area (Å²) in [6, 6.07) is 15.6. The van der Waals surface area contributed by atoms with E-state index in [0.29, 0.717) is 11.7 Å². The van der Waals surface area contributed by atoms with Gasteiger partial charge in [-0.15, -0.1) is 0 Å². The molecule has 0 N–H and O–H groups in total. The molecular weight excluding hydrogens is 372 g/mol. The molecule has 0 bridgehead atoms. The van der Waals surface area contributed by atoms with Gasteiger partial charge in [0.25, 0.3) is 5.89 Å². The Morgan fingerprint density at radius 1 is 0.842 bits per heavy atom. The van der Waals surface area contributed by atoms with Crippen LogP contribution in [-0.4, -0.2) is 10.1 Å². The molecule has 19 heavy (non-hydrogen) atoms. The molecule has 0 atom stereocenters. The molecule has 94 valence electrons. The van der Waals surface area contributed by atoms with Crippen LogP contribution in [0.1, 0.15) is 0 Å². The Balaban J connectivity index is 2.00. The van der Waals surface area contributed by atoms with Gasteiger partial charge in [0, 0.05) is 20.1 Å². The van der Waals surface area contributed by atoms with E-state index in [1.54, 1.807) is 0 Å². The summed E-state index contributed by atoms with van der Waals surface area (Å²) in [6.45, 7) is 0. The first-order chi connectivity index (χ1) is 9.22. The number of hydrogen-bond donors (Lipinski definition) is 0. The third-order valence-electron chi connectivity index (χ3n) is 2.58. The molecule has 0 unspecified atom stereocenters. The topological polar surface area (TPSA) is 38.9 Å². The average molecular weight is 380 g/mol. The second-order valence-electron chi connectivity index (χ2n) is 3.94. The normalized spacial score (nSPS) is 10.6. The zero-order valence-electron chi connectivity index (χ0n) is 9.68. The molecule has 0 saturated carbocycles. The number of hydrogen-bond acceptors (Lipinski definition) is 3. The number of nitrogens with zero attached hydrogens (tertiary/aromatic N) is 2. The summed E-state index contributed by atoms with van der Waals surface area (Å²) in [6.07, 6.45) is 0. The first kappa shape index (κ1) is 12.6. The molecule has 5 heteroatoms. The van der Waals surface area contributed by atoms with E-state index in [1.807, 2.05) is 48.5 Å². The first-order valence-corrected chi connectivity index (χ1v) is 7.16. The molecule has 3 rings (SSSR count). The van der Waals surface area contributed by atoms with Gasteiger partial charge in [0.1, 0.15) is 0 Å². The fourth-order valence-electron chi connectivity index (χ4n) is 1.71. The molecule has 0 saturated heterocycles. The molecule has 3 aromatic rings. The minimum Gasteiger partial charge on any atom is -0.334 e. The van der Waals surface area contributed by atoms with Crippen LogP contribution < -0.4 is 0 Å². The van der Waals surface area contributed by atoms with Crippen LogP contribution in [0.25, 0.3) is 22.8 Å². The summed E-state index contributed by atoms with van der Waals surface area (Å²) < 4.78 is 7.27. The molecule has 0 amide bonds. The van der Waals surface area contributed by atoms with Crippen molar-refractivity contribution in [3.63, 3.8) is 0 Å². The van der Waals surface area contributed by atoms with Crippen molar-refractivity contribution in [3.8, 4) is 22.8 Å². The van der Waals surface area contributed by atoms with Gasteiger partial charge in [-0.05, 0) is 30.3 Å². The van der Waals surface area contributed by atoms with Gasteiger partial charge in [0.15, 0.2) is 0 Å². The third kappa shape index (κ3) is 2.77. The van der Waals surface area contributed by atoms with Gasteiger partial charge < -0.3 is 4.52 Å². The maximum atomic E-state index is 5.30. The maximum Gasteiger partial charge on any atom is 0.258 e. The predicted molar refractivity (Wildman–Crippen MR) is 80.6 cm³/mol. The Morgan fingerprint density at radius 2 is 1.47 bits per heavy atom. The molecular formula is C14H8Br2N2O. The lowest BCUT2D eigenvalue weighted by molar-refractivity contribution is 0.432. The number of aromatic nitrogens is 2. The Hall–Kier alpha value is -1.46. The number of halogens is 2. The van der Waals surface area contributed by atoms with Crippen LogP contribution in [0.2, 0.25) is 0 Å². The highest BCUT2D eigenvalue weighted by Gasteiger charge is 2.10. The Labute approximate surface area is 126 Å². The van der Waals surface area contributed by atoms with Crippen molar-refractivity contribution in [2.75, 3.05) is 0 Å². The molecule has 2 aromatic carbocycles. The zero-order chi connectivity index (χ0) is 13.2. The quantitative estimate of drug-likeness (QED) is 0.633. The van der Waals surface area contributed by atoms with Crippen LogP contribution in [-0.2, 0) is 0 Å². The van der Waals surface area contributed by atoms with Gasteiger partial charge in [0.2, 0.25) is 5.82 Å². The Bertz CT molecular complexity index is 665. The van der Waals surface area contributed by atoms with E-state index in [4.69, 9.17) is 4.52 Å². The largest absolute Gasteiger partial charge is 0.334 e. The monoisotopic (exact) mass is 378 g/mol. The van der Waals surface area contributed by atoms with Gasteiger partial charge in [-0.1, -0.05) is 55.2 Å². The summed E-state index contributed by atoms with van der Waals surface area (Å²) in [5.41, 5.74) is 1.81. The van der Waals surface area contributed by atoms with Crippen LogP contribution in [0.4, 0.5) is 0 Å². The minimum absolute atomic E-state index is 0.510. The standard InChI is InChI=1S/C14H8Br2N2O/c15-11-5-1-3-9(7-11)13-17-14(19-18-13)10-4-2-6-12(16)8-10/h1-8H. The highest BCUT2D eigenvalue weighted by molar-refractivity contribution is 9.10. The van der Waals surface area contributed by atoms with E-state index in [1.165, 1.54) is 0 Å². The first-order valence-electron chi connectivity index (χ1n) is 5.58. The zero-order valence-corrected chi connectivity index (χ0v) is 12.8. The van der Waals surface area contributed by atoms with E-state index >= 15 is 0 Å². The summed E-state index contributed by atoms with van der Waals surface area (Å²) in [5.74, 6) is 1.09. The molecule has 1 heterocycles. The smallest absolute Gasteiger partial charge is 0.258 e. The highest BCUT2D eigenvalue weighted by Crippen LogP contribution is 2.25. The summed E-state index contributed by atoms with van der Waals surface area (Å²) in [5, 5.41) is 4.01. The van der Waals surface area contributed by atoms with E-state index in [-0.39, 0.29) is 0 Å². The van der Waals surface area contributed by atoms with E-state index in [9.17, 15) is 0 Å².